The Morgan fingerprint density at radius 2 is 1.88 bits per heavy atom. The summed E-state index contributed by atoms with van der Waals surface area (Å²) < 4.78 is 24.5. The van der Waals surface area contributed by atoms with E-state index in [2.05, 4.69) is 0 Å². The van der Waals surface area contributed by atoms with E-state index in [1.165, 1.54) is 0 Å². The van der Waals surface area contributed by atoms with Gasteiger partial charge in [-0.3, -0.25) is 9.59 Å². The molecule has 0 aromatic heterocycles. The van der Waals surface area contributed by atoms with Crippen LogP contribution in [0.5, 0.6) is 0 Å². The van der Waals surface area contributed by atoms with Crippen molar-refractivity contribution in [3.05, 3.63) is 0 Å². The molecule has 0 aliphatic rings. The van der Waals surface area contributed by atoms with Gasteiger partial charge in [0, 0.05) is 0 Å². The van der Waals surface area contributed by atoms with Crippen LogP contribution in [0.1, 0.15) is 26.2 Å². The third-order valence-electron chi connectivity index (χ3n) is 1.77. The fourth-order valence-electron chi connectivity index (χ4n) is 0.964. The third kappa shape index (κ3) is 6.36. The van der Waals surface area contributed by atoms with Gasteiger partial charge >= 0.3 is 11.9 Å². The molecular weight excluding hydrogens is 238 g/mol. The van der Waals surface area contributed by atoms with Crippen molar-refractivity contribution in [1.29, 1.82) is 0 Å². The molecule has 0 aliphatic carbocycles. The zero-order valence-corrected chi connectivity index (χ0v) is 9.66. The summed E-state index contributed by atoms with van der Waals surface area (Å²) in [7, 11) is -3.73. The number of hydrogen-bond donors (Lipinski definition) is 3. The maximum absolute atomic E-state index is 11.3. The molecule has 0 radical (unpaired) electrons. The Labute approximate surface area is 93.5 Å². The molecule has 1 atom stereocenters. The Kier molecular flexibility index (Phi) is 5.97. The minimum atomic E-state index is -3.73. The molecule has 8 heteroatoms. The van der Waals surface area contributed by atoms with Gasteiger partial charge in [-0.2, -0.15) is 0 Å². The highest BCUT2D eigenvalue weighted by atomic mass is 32.2. The lowest BCUT2D eigenvalue weighted by Crippen LogP contribution is -2.43. The van der Waals surface area contributed by atoms with Gasteiger partial charge in [-0.05, 0) is 6.42 Å². The minimum Gasteiger partial charge on any atom is -0.481 e. The first-order valence-corrected chi connectivity index (χ1v) is 6.38. The fraction of sp³-hybridized carbons (Fsp3) is 0.750. The molecule has 0 rings (SSSR count). The summed E-state index contributed by atoms with van der Waals surface area (Å²) in [6, 6.07) is -1.61. The molecule has 94 valence electrons. The molecule has 0 amide bonds. The molecule has 1 unspecified atom stereocenters. The maximum atomic E-state index is 11.3. The highest BCUT2D eigenvalue weighted by Crippen LogP contribution is 1.99. The van der Waals surface area contributed by atoms with Crippen molar-refractivity contribution in [3.63, 3.8) is 0 Å². The number of carbonyl (C=O) groups is 2. The topological polar surface area (TPSA) is 121 Å². The van der Waals surface area contributed by atoms with E-state index < -0.39 is 34.4 Å². The number of unbranched alkanes of at least 4 members (excludes halogenated alkanes) is 1. The van der Waals surface area contributed by atoms with E-state index in [0.29, 0.717) is 12.8 Å². The quantitative estimate of drug-likeness (QED) is 0.543. The zero-order valence-electron chi connectivity index (χ0n) is 8.84. The van der Waals surface area contributed by atoms with Gasteiger partial charge in [-0.1, -0.05) is 13.3 Å². The standard InChI is InChI=1S/C8H15NO6S/c1-2-3-4-16(14,15)9-6(8(12)13)5-7(10)11/h6,9H,2-5H2,1H3,(H,10,11)(H,12,13). The Balaban J connectivity index is 4.50. The lowest BCUT2D eigenvalue weighted by molar-refractivity contribution is -0.145. The van der Waals surface area contributed by atoms with Crippen LogP contribution in [-0.4, -0.2) is 42.4 Å². The number of carboxylic acids is 2. The smallest absolute Gasteiger partial charge is 0.322 e. The van der Waals surface area contributed by atoms with Crippen molar-refractivity contribution in [2.24, 2.45) is 0 Å². The van der Waals surface area contributed by atoms with Crippen LogP contribution in [0, 0.1) is 0 Å². The van der Waals surface area contributed by atoms with Crippen LogP contribution in [0.2, 0.25) is 0 Å². The van der Waals surface area contributed by atoms with E-state index >= 15 is 0 Å². The van der Waals surface area contributed by atoms with Gasteiger partial charge in [0.2, 0.25) is 10.0 Å². The molecular formula is C8H15NO6S. The lowest BCUT2D eigenvalue weighted by atomic mass is 10.2. The van der Waals surface area contributed by atoms with Gasteiger partial charge in [0.25, 0.3) is 0 Å². The molecule has 16 heavy (non-hydrogen) atoms. The number of aliphatic carboxylic acids is 2. The second-order valence-corrected chi connectivity index (χ2v) is 5.15. The molecule has 0 aromatic rings. The molecule has 0 bridgehead atoms. The lowest BCUT2D eigenvalue weighted by Gasteiger charge is -2.12. The van der Waals surface area contributed by atoms with E-state index in [1.807, 2.05) is 4.72 Å². The van der Waals surface area contributed by atoms with E-state index in [0.717, 1.165) is 0 Å². The fourth-order valence-corrected chi connectivity index (χ4v) is 2.37. The first kappa shape index (κ1) is 14.8. The predicted molar refractivity (Wildman–Crippen MR) is 55.5 cm³/mol. The van der Waals surface area contributed by atoms with Crippen LogP contribution in [0.4, 0.5) is 0 Å². The number of nitrogens with one attached hydrogen (secondary N) is 1. The Hall–Kier alpha value is -1.15. The van der Waals surface area contributed by atoms with Crippen molar-refractivity contribution < 1.29 is 28.2 Å². The number of rotatable bonds is 8. The molecule has 0 aromatic carbocycles. The number of sulfonamides is 1. The monoisotopic (exact) mass is 253 g/mol. The van der Waals surface area contributed by atoms with Gasteiger partial charge in [0.15, 0.2) is 0 Å². The first-order chi connectivity index (χ1) is 7.28. The number of carboxylic acid groups (broad SMARTS) is 2. The van der Waals surface area contributed by atoms with Crippen LogP contribution in [0.25, 0.3) is 0 Å². The first-order valence-electron chi connectivity index (χ1n) is 4.73. The van der Waals surface area contributed by atoms with Gasteiger partial charge in [-0.15, -0.1) is 0 Å². The van der Waals surface area contributed by atoms with Gasteiger partial charge in [0.05, 0.1) is 12.2 Å². The Morgan fingerprint density at radius 1 is 1.31 bits per heavy atom. The van der Waals surface area contributed by atoms with E-state index in [4.69, 9.17) is 10.2 Å². The van der Waals surface area contributed by atoms with Gasteiger partial charge < -0.3 is 10.2 Å². The average molecular weight is 253 g/mol. The number of hydrogen-bond acceptors (Lipinski definition) is 4. The molecule has 7 nitrogen and oxygen atoms in total. The van der Waals surface area contributed by atoms with Crippen molar-refractivity contribution in [1.82, 2.24) is 4.72 Å². The van der Waals surface area contributed by atoms with Gasteiger partial charge in [0.1, 0.15) is 6.04 Å². The van der Waals surface area contributed by atoms with E-state index in [1.54, 1.807) is 6.92 Å². The largest absolute Gasteiger partial charge is 0.481 e. The van der Waals surface area contributed by atoms with Crippen molar-refractivity contribution in [2.75, 3.05) is 5.75 Å². The summed E-state index contributed by atoms with van der Waals surface area (Å²) in [5.41, 5.74) is 0. The Morgan fingerprint density at radius 3 is 2.25 bits per heavy atom. The van der Waals surface area contributed by atoms with Crippen LogP contribution < -0.4 is 4.72 Å². The maximum Gasteiger partial charge on any atom is 0.322 e. The second-order valence-electron chi connectivity index (χ2n) is 3.28. The second kappa shape index (κ2) is 6.44. The average Bonchev–Trinajstić information content (AvgIpc) is 2.12. The van der Waals surface area contributed by atoms with Crippen LogP contribution in [0.3, 0.4) is 0 Å². The molecule has 0 heterocycles. The van der Waals surface area contributed by atoms with E-state index in [-0.39, 0.29) is 5.75 Å². The van der Waals surface area contributed by atoms with Gasteiger partial charge in [-0.25, -0.2) is 13.1 Å². The summed E-state index contributed by atoms with van der Waals surface area (Å²) in [5.74, 6) is -3.07. The third-order valence-corrected chi connectivity index (χ3v) is 3.24. The zero-order chi connectivity index (χ0) is 12.8. The normalized spacial score (nSPS) is 13.3. The van der Waals surface area contributed by atoms with Crippen molar-refractivity contribution in [2.45, 2.75) is 32.2 Å². The van der Waals surface area contributed by atoms with Crippen molar-refractivity contribution >= 4 is 22.0 Å². The molecule has 0 saturated heterocycles. The van der Waals surface area contributed by atoms with E-state index in [9.17, 15) is 18.0 Å². The van der Waals surface area contributed by atoms with Crippen LogP contribution in [-0.2, 0) is 19.6 Å². The molecule has 0 saturated carbocycles. The highest BCUT2D eigenvalue weighted by molar-refractivity contribution is 7.89. The summed E-state index contributed by atoms with van der Waals surface area (Å²) >= 11 is 0. The molecule has 3 N–H and O–H groups in total. The molecule has 0 spiro atoms. The van der Waals surface area contributed by atoms with Crippen LogP contribution >= 0.6 is 0 Å². The minimum absolute atomic E-state index is 0.201. The highest BCUT2D eigenvalue weighted by Gasteiger charge is 2.25. The molecule has 0 fully saturated rings. The summed E-state index contributed by atoms with van der Waals surface area (Å²) in [6.07, 6.45) is 0.271. The van der Waals surface area contributed by atoms with Crippen molar-refractivity contribution in [3.8, 4) is 0 Å². The molecule has 0 aliphatic heterocycles. The Bertz CT molecular complexity index is 350. The SMILES string of the molecule is CCCCS(=O)(=O)NC(CC(=O)O)C(=O)O. The summed E-state index contributed by atoms with van der Waals surface area (Å²) in [5, 5.41) is 17.0. The van der Waals surface area contributed by atoms with Crippen LogP contribution in [0.15, 0.2) is 0 Å². The summed E-state index contributed by atoms with van der Waals surface area (Å²) in [6.45, 7) is 1.79. The predicted octanol–water partition coefficient (Wildman–Crippen LogP) is -0.366. The summed E-state index contributed by atoms with van der Waals surface area (Å²) in [4.78, 5) is 20.9.